The van der Waals surface area contributed by atoms with Gasteiger partial charge in [-0.1, -0.05) is 0 Å². The molecule has 0 aliphatic carbocycles. The van der Waals surface area contributed by atoms with E-state index in [2.05, 4.69) is 0 Å². The van der Waals surface area contributed by atoms with Crippen molar-refractivity contribution in [1.82, 2.24) is 4.90 Å². The second kappa shape index (κ2) is 6.37. The van der Waals surface area contributed by atoms with Crippen molar-refractivity contribution in [2.75, 3.05) is 39.5 Å². The lowest BCUT2D eigenvalue weighted by Gasteiger charge is -2.29. The lowest BCUT2D eigenvalue weighted by molar-refractivity contribution is -0.134. The van der Waals surface area contributed by atoms with E-state index in [0.717, 1.165) is 0 Å². The van der Waals surface area contributed by atoms with Gasteiger partial charge in [0.25, 0.3) is 0 Å². The molecule has 8 heteroatoms. The summed E-state index contributed by atoms with van der Waals surface area (Å²) >= 11 is 0. The summed E-state index contributed by atoms with van der Waals surface area (Å²) in [6.07, 6.45) is 0. The van der Waals surface area contributed by atoms with E-state index >= 15 is 0 Å². The molecule has 126 valence electrons. The summed E-state index contributed by atoms with van der Waals surface area (Å²) in [6, 6.07) is 4.44. The quantitative estimate of drug-likeness (QED) is 0.795. The summed E-state index contributed by atoms with van der Waals surface area (Å²) in [7, 11) is -3.79. The van der Waals surface area contributed by atoms with Gasteiger partial charge in [-0.15, -0.1) is 0 Å². The smallest absolute Gasteiger partial charge is 0.241 e. The van der Waals surface area contributed by atoms with E-state index in [1.807, 2.05) is 0 Å². The number of hydrogen-bond donors (Lipinski definition) is 0. The minimum Gasteiger partial charge on any atom is -0.486 e. The molecule has 0 N–H and O–H groups in total. The summed E-state index contributed by atoms with van der Waals surface area (Å²) in [6.45, 7) is 3.93. The standard InChI is InChI=1S/C15H19NO6S/c1-11(15(17)16-4-6-20-7-5-16)23(18,19)12-2-3-13-14(10-12)22-9-8-21-13/h2-3,10-11H,4-9H2,1H3/t11-/m1/s1. The molecule has 1 amide bonds. The number of carbonyl (C=O) groups excluding carboxylic acids is 1. The zero-order chi connectivity index (χ0) is 16.4. The van der Waals surface area contributed by atoms with Crippen LogP contribution in [0.5, 0.6) is 11.5 Å². The second-order valence-corrected chi connectivity index (χ2v) is 7.70. The van der Waals surface area contributed by atoms with Gasteiger partial charge < -0.3 is 19.1 Å². The van der Waals surface area contributed by atoms with Crippen molar-refractivity contribution in [1.29, 1.82) is 0 Å². The third kappa shape index (κ3) is 3.13. The first kappa shape index (κ1) is 16.1. The largest absolute Gasteiger partial charge is 0.486 e. The Hall–Kier alpha value is -1.80. The van der Waals surface area contributed by atoms with Crippen LogP contribution in [0.2, 0.25) is 0 Å². The molecule has 1 saturated heterocycles. The first-order chi connectivity index (χ1) is 11.0. The van der Waals surface area contributed by atoms with Gasteiger partial charge in [-0.3, -0.25) is 4.79 Å². The predicted molar refractivity (Wildman–Crippen MR) is 81.5 cm³/mol. The van der Waals surface area contributed by atoms with Crippen LogP contribution < -0.4 is 9.47 Å². The molecule has 2 heterocycles. The Morgan fingerprint density at radius 1 is 1.09 bits per heavy atom. The fourth-order valence-electron chi connectivity index (χ4n) is 2.58. The zero-order valence-electron chi connectivity index (χ0n) is 12.9. The van der Waals surface area contributed by atoms with Crippen molar-refractivity contribution in [3.05, 3.63) is 18.2 Å². The van der Waals surface area contributed by atoms with Crippen LogP contribution in [0, 0.1) is 0 Å². The van der Waals surface area contributed by atoms with Gasteiger partial charge in [0.1, 0.15) is 18.5 Å². The van der Waals surface area contributed by atoms with E-state index in [1.165, 1.54) is 24.0 Å². The van der Waals surface area contributed by atoms with Crippen LogP contribution in [0.4, 0.5) is 0 Å². The Morgan fingerprint density at radius 3 is 2.43 bits per heavy atom. The molecular weight excluding hydrogens is 322 g/mol. The van der Waals surface area contributed by atoms with Crippen LogP contribution >= 0.6 is 0 Å². The Balaban J connectivity index is 1.83. The molecule has 0 aromatic heterocycles. The Morgan fingerprint density at radius 2 is 1.74 bits per heavy atom. The average Bonchev–Trinajstić information content (AvgIpc) is 2.60. The van der Waals surface area contributed by atoms with Gasteiger partial charge in [0.05, 0.1) is 18.1 Å². The molecule has 23 heavy (non-hydrogen) atoms. The van der Waals surface area contributed by atoms with Crippen molar-refractivity contribution < 1.29 is 27.4 Å². The fourth-order valence-corrected chi connectivity index (χ4v) is 3.93. The molecule has 1 fully saturated rings. The Bertz CT molecular complexity index is 696. The van der Waals surface area contributed by atoms with Crippen molar-refractivity contribution in [3.63, 3.8) is 0 Å². The lowest BCUT2D eigenvalue weighted by Crippen LogP contribution is -2.47. The SMILES string of the molecule is C[C@H](C(=O)N1CCOCC1)S(=O)(=O)c1ccc2c(c1)OCCO2. The summed E-state index contributed by atoms with van der Waals surface area (Å²) in [5, 5.41) is -1.15. The highest BCUT2D eigenvalue weighted by molar-refractivity contribution is 7.92. The van der Waals surface area contributed by atoms with E-state index in [4.69, 9.17) is 14.2 Å². The number of fused-ring (bicyclic) bond motifs is 1. The number of morpholine rings is 1. The number of benzene rings is 1. The average molecular weight is 341 g/mol. The molecule has 1 aromatic carbocycles. The number of amides is 1. The highest BCUT2D eigenvalue weighted by Gasteiger charge is 2.34. The monoisotopic (exact) mass is 341 g/mol. The summed E-state index contributed by atoms with van der Waals surface area (Å²) in [5.74, 6) is 0.508. The molecule has 0 spiro atoms. The van der Waals surface area contributed by atoms with Gasteiger partial charge in [-0.05, 0) is 19.1 Å². The third-order valence-electron chi connectivity index (χ3n) is 3.98. The van der Waals surface area contributed by atoms with Gasteiger partial charge in [0.15, 0.2) is 21.3 Å². The second-order valence-electron chi connectivity index (χ2n) is 5.43. The molecule has 3 rings (SSSR count). The maximum atomic E-state index is 12.7. The molecule has 7 nitrogen and oxygen atoms in total. The van der Waals surface area contributed by atoms with Gasteiger partial charge in [0, 0.05) is 19.2 Å². The number of rotatable bonds is 3. The number of nitrogens with zero attached hydrogens (tertiary/aromatic N) is 1. The van der Waals surface area contributed by atoms with Crippen LogP contribution in [-0.4, -0.2) is 64.0 Å². The van der Waals surface area contributed by atoms with E-state index in [9.17, 15) is 13.2 Å². The van der Waals surface area contributed by atoms with Gasteiger partial charge in [0.2, 0.25) is 5.91 Å². The highest BCUT2D eigenvalue weighted by atomic mass is 32.2. The molecular formula is C15H19NO6S. The first-order valence-corrected chi connectivity index (χ1v) is 9.05. The first-order valence-electron chi connectivity index (χ1n) is 7.50. The van der Waals surface area contributed by atoms with Crippen LogP contribution in [0.3, 0.4) is 0 Å². The molecule has 0 bridgehead atoms. The predicted octanol–water partition coefficient (Wildman–Crippen LogP) is 0.479. The van der Waals surface area contributed by atoms with E-state index in [-0.39, 0.29) is 4.90 Å². The maximum absolute atomic E-state index is 12.7. The van der Waals surface area contributed by atoms with Crippen molar-refractivity contribution in [2.24, 2.45) is 0 Å². The van der Waals surface area contributed by atoms with E-state index < -0.39 is 21.0 Å². The van der Waals surface area contributed by atoms with Gasteiger partial charge in [-0.2, -0.15) is 0 Å². The molecule has 2 aliphatic heterocycles. The Kier molecular flexibility index (Phi) is 4.45. The molecule has 1 atom stereocenters. The van der Waals surface area contributed by atoms with E-state index in [0.29, 0.717) is 51.0 Å². The van der Waals surface area contributed by atoms with E-state index in [1.54, 1.807) is 6.07 Å². The Labute approximate surface area is 135 Å². The zero-order valence-corrected chi connectivity index (χ0v) is 13.7. The topological polar surface area (TPSA) is 82.1 Å². The van der Waals surface area contributed by atoms with Crippen LogP contribution in [0.25, 0.3) is 0 Å². The molecule has 1 aromatic rings. The third-order valence-corrected chi connectivity index (χ3v) is 6.02. The fraction of sp³-hybridized carbons (Fsp3) is 0.533. The van der Waals surface area contributed by atoms with Crippen molar-refractivity contribution >= 4 is 15.7 Å². The van der Waals surface area contributed by atoms with Gasteiger partial charge in [-0.25, -0.2) is 8.42 Å². The van der Waals surface area contributed by atoms with Crippen LogP contribution in [0.1, 0.15) is 6.92 Å². The van der Waals surface area contributed by atoms with Crippen molar-refractivity contribution in [3.8, 4) is 11.5 Å². The minimum atomic E-state index is -3.79. The summed E-state index contributed by atoms with van der Waals surface area (Å²) in [4.78, 5) is 14.0. The number of ether oxygens (including phenoxy) is 3. The highest BCUT2D eigenvalue weighted by Crippen LogP contribution is 2.33. The molecule has 2 aliphatic rings. The van der Waals surface area contributed by atoms with Crippen LogP contribution in [-0.2, 0) is 19.4 Å². The van der Waals surface area contributed by atoms with Crippen LogP contribution in [0.15, 0.2) is 23.1 Å². The number of sulfone groups is 1. The summed E-state index contributed by atoms with van der Waals surface area (Å²) in [5.41, 5.74) is 0. The minimum absolute atomic E-state index is 0.0656. The van der Waals surface area contributed by atoms with Gasteiger partial charge >= 0.3 is 0 Å². The molecule has 0 radical (unpaired) electrons. The van der Waals surface area contributed by atoms with Crippen molar-refractivity contribution in [2.45, 2.75) is 17.1 Å². The lowest BCUT2D eigenvalue weighted by atomic mass is 10.3. The normalized spacial score (nSPS) is 19.3. The molecule has 0 saturated carbocycles. The number of hydrogen-bond acceptors (Lipinski definition) is 6. The summed E-state index contributed by atoms with van der Waals surface area (Å²) < 4.78 is 41.4. The molecule has 0 unspecified atom stereocenters. The maximum Gasteiger partial charge on any atom is 0.241 e. The number of carbonyl (C=O) groups is 1.